The number of fused-ring (bicyclic) bond motifs is 4. The van der Waals surface area contributed by atoms with E-state index in [2.05, 4.69) is 21.9 Å². The minimum absolute atomic E-state index is 0.0148. The van der Waals surface area contributed by atoms with Crippen molar-refractivity contribution >= 4 is 49.0 Å². The van der Waals surface area contributed by atoms with Crippen molar-refractivity contribution in [2.45, 2.75) is 126 Å². The molecular formula is C38H49F2N7O13P2S. The van der Waals surface area contributed by atoms with Gasteiger partial charge in [0.05, 0.1) is 19.5 Å². The van der Waals surface area contributed by atoms with Crippen LogP contribution in [-0.2, 0) is 47.2 Å². The number of carbonyl (C=O) groups excluding carboxylic acids is 1. The first-order chi connectivity index (χ1) is 30.2. The molecule has 7 rings (SSSR count). The Balaban J connectivity index is 1.08. The van der Waals surface area contributed by atoms with E-state index in [1.807, 2.05) is 4.98 Å². The summed E-state index contributed by atoms with van der Waals surface area (Å²) in [6.07, 6.45) is -1.43. The number of aromatic nitrogens is 6. The second-order valence-corrected chi connectivity index (χ2v) is 20.7. The van der Waals surface area contributed by atoms with Crippen LogP contribution >= 0.6 is 26.0 Å². The number of nitrogens with two attached hydrogens (primary N) is 1. The van der Waals surface area contributed by atoms with Gasteiger partial charge in [0, 0.05) is 24.4 Å². The van der Waals surface area contributed by atoms with E-state index in [4.69, 9.17) is 38.0 Å². The largest absolute Gasteiger partial charge is 0.472 e. The van der Waals surface area contributed by atoms with E-state index < -0.39 is 88.3 Å². The quantitative estimate of drug-likeness (QED) is 0.0488. The van der Waals surface area contributed by atoms with Gasteiger partial charge in [0.25, 0.3) is 5.56 Å². The fourth-order valence-electron chi connectivity index (χ4n) is 7.36. The van der Waals surface area contributed by atoms with Crippen molar-refractivity contribution in [1.82, 2.24) is 29.1 Å². The van der Waals surface area contributed by atoms with Crippen molar-refractivity contribution in [2.75, 3.05) is 18.9 Å². The molecule has 6 heterocycles. The van der Waals surface area contributed by atoms with Crippen molar-refractivity contribution in [3.8, 4) is 5.75 Å². The second-order valence-electron chi connectivity index (χ2n) is 15.2. The van der Waals surface area contributed by atoms with Crippen LogP contribution in [-0.4, -0.2) is 89.9 Å². The van der Waals surface area contributed by atoms with Crippen LogP contribution in [0.3, 0.4) is 0 Å². The number of hydrogen-bond donors (Lipinski definition) is 3. The molecule has 0 aliphatic carbocycles. The molecule has 0 amide bonds. The van der Waals surface area contributed by atoms with Gasteiger partial charge in [-0.1, -0.05) is 70.4 Å². The van der Waals surface area contributed by atoms with Gasteiger partial charge in [-0.25, -0.2) is 37.7 Å². The summed E-state index contributed by atoms with van der Waals surface area (Å²) in [6, 6.07) is 7.28. The van der Waals surface area contributed by atoms with Crippen molar-refractivity contribution in [3.05, 3.63) is 75.6 Å². The topological polar surface area (TPSA) is 261 Å². The van der Waals surface area contributed by atoms with Crippen molar-refractivity contribution in [1.29, 1.82) is 0 Å². The number of benzene rings is 1. The number of esters is 1. The van der Waals surface area contributed by atoms with Crippen LogP contribution in [0.5, 0.6) is 5.75 Å². The number of rotatable bonds is 16. The third-order valence-corrected chi connectivity index (χ3v) is 15.3. The summed E-state index contributed by atoms with van der Waals surface area (Å²) in [4.78, 5) is 62.0. The number of nitrogens with one attached hydrogen (secondary N) is 1. The van der Waals surface area contributed by atoms with Crippen LogP contribution in [0.1, 0.15) is 89.2 Å². The summed E-state index contributed by atoms with van der Waals surface area (Å²) < 4.78 is 102. The van der Waals surface area contributed by atoms with Gasteiger partial charge < -0.3 is 24.8 Å². The summed E-state index contributed by atoms with van der Waals surface area (Å²) in [5.74, 6) is -0.188. The molecule has 1 unspecified atom stereocenters. The molecular weight excluding hydrogens is 894 g/mol. The smallest absolute Gasteiger partial charge is 0.427 e. The van der Waals surface area contributed by atoms with Gasteiger partial charge in [0.2, 0.25) is 0 Å². The number of phosphoric ester groups is 1. The Hall–Kier alpha value is -3.89. The molecule has 3 aliphatic heterocycles. The third-order valence-electron chi connectivity index (χ3n) is 10.7. The molecule has 2 bridgehead atoms. The lowest BCUT2D eigenvalue weighted by molar-refractivity contribution is -0.134. The number of aromatic amines is 1. The maximum atomic E-state index is 16.4. The predicted octanol–water partition coefficient (Wildman–Crippen LogP) is 6.22. The molecule has 3 fully saturated rings. The lowest BCUT2D eigenvalue weighted by Gasteiger charge is -2.27. The lowest BCUT2D eigenvalue weighted by atomic mass is 10.1. The molecule has 3 saturated heterocycles. The van der Waals surface area contributed by atoms with Gasteiger partial charge in [-0.05, 0) is 35.5 Å². The zero-order valence-electron chi connectivity index (χ0n) is 34.1. The zero-order valence-corrected chi connectivity index (χ0v) is 36.8. The molecule has 0 radical (unpaired) electrons. The monoisotopic (exact) mass is 943 g/mol. The SMILES string of the molecule is CCCCCCCCCCCC(=O)Oc1ccc(CS[P@@]2(=O)OC[C@H]3O[C@@H](n4cnc5c(N)ncnc54)[C@H](OP(=O)(O)OC[C@H]4O[C@@H](n5ccc(=O)[nH]c5=O)[C@H](F)[C@@H]4O2)[C@@H]3F)cc1. The van der Waals surface area contributed by atoms with Crippen molar-refractivity contribution < 1.29 is 59.9 Å². The summed E-state index contributed by atoms with van der Waals surface area (Å²) in [6.45, 7) is -4.22. The summed E-state index contributed by atoms with van der Waals surface area (Å²) in [7, 11) is -5.27. The number of halogens is 2. The zero-order chi connectivity index (χ0) is 44.7. The average molecular weight is 944 g/mol. The van der Waals surface area contributed by atoms with Crippen LogP contribution in [0, 0.1) is 0 Å². The molecule has 4 N–H and O–H groups in total. The van der Waals surface area contributed by atoms with Gasteiger partial charge in [-0.15, -0.1) is 0 Å². The predicted molar refractivity (Wildman–Crippen MR) is 223 cm³/mol. The number of imidazole rings is 1. The Morgan fingerprint density at radius 3 is 2.32 bits per heavy atom. The van der Waals surface area contributed by atoms with Crippen molar-refractivity contribution in [3.63, 3.8) is 0 Å². The molecule has 0 saturated carbocycles. The molecule has 3 aromatic heterocycles. The number of alkyl halides is 2. The minimum atomic E-state index is -5.27. The van der Waals surface area contributed by atoms with E-state index in [1.54, 1.807) is 24.3 Å². The van der Waals surface area contributed by atoms with E-state index in [-0.39, 0.29) is 35.1 Å². The number of hydrogen-bond acceptors (Lipinski definition) is 17. The number of carbonyl (C=O) groups is 1. The number of ether oxygens (including phenoxy) is 3. The van der Waals surface area contributed by atoms with Crippen LogP contribution in [0.25, 0.3) is 11.2 Å². The van der Waals surface area contributed by atoms with Crippen LogP contribution < -0.4 is 21.7 Å². The average Bonchev–Trinajstić information content (AvgIpc) is 3.91. The first kappa shape index (κ1) is 47.1. The van der Waals surface area contributed by atoms with E-state index in [9.17, 15) is 28.4 Å². The van der Waals surface area contributed by atoms with Gasteiger partial charge in [0.1, 0.15) is 42.0 Å². The number of phosphoric acid groups is 1. The highest BCUT2D eigenvalue weighted by molar-refractivity contribution is 8.54. The molecule has 10 atom stereocenters. The molecule has 63 heavy (non-hydrogen) atoms. The summed E-state index contributed by atoms with van der Waals surface area (Å²) >= 11 is 0.598. The Labute approximate surface area is 363 Å². The number of nitrogen functional groups attached to an aromatic ring is 1. The van der Waals surface area contributed by atoms with Crippen LogP contribution in [0.4, 0.5) is 14.6 Å². The summed E-state index contributed by atoms with van der Waals surface area (Å²) in [5, 5.41) is 0. The normalized spacial score (nSPS) is 30.0. The summed E-state index contributed by atoms with van der Waals surface area (Å²) in [5.41, 5.74) is 4.82. The first-order valence-corrected chi connectivity index (χ1v) is 25.2. The Kier molecular flexibility index (Phi) is 15.7. The lowest BCUT2D eigenvalue weighted by Crippen LogP contribution is -2.36. The fraction of sp³-hybridized carbons (Fsp3) is 0.579. The van der Waals surface area contributed by atoms with E-state index in [1.165, 1.54) is 43.0 Å². The standard InChI is InChI=1S/C38H49F2N7O13P2S/c1-2-3-4-5-6-7-8-9-10-11-28(49)56-24-14-12-23(13-15-24)20-63-62(53)55-18-25-29(39)33(37(57-25)47-22-44-31-34(41)42-21-43-35(31)47)59-61(51,52)54-19-26-32(60-62)30(40)36(58-26)46-17-16-27(48)45-38(46)50/h12-17,21-22,25-26,29-30,32-33,36-37H,2-11,18-20H2,1H3,(H,51,52)(H2,41,42,43)(H,45,48,50)/t25-,26-,29-,30-,32-,33-,36-,37-,62+/m1/s1. The second kappa shape index (κ2) is 21.0. The molecule has 4 aromatic rings. The molecule has 1 aromatic carbocycles. The highest BCUT2D eigenvalue weighted by Gasteiger charge is 2.55. The third kappa shape index (κ3) is 11.7. The van der Waals surface area contributed by atoms with Crippen molar-refractivity contribution in [2.24, 2.45) is 0 Å². The highest BCUT2D eigenvalue weighted by Crippen LogP contribution is 2.64. The number of anilines is 1. The van der Waals surface area contributed by atoms with Gasteiger partial charge >= 0.3 is 26.3 Å². The number of unbranched alkanes of at least 4 members (excludes halogenated alkanes) is 8. The van der Waals surface area contributed by atoms with Crippen LogP contribution in [0.15, 0.2) is 58.8 Å². The molecule has 344 valence electrons. The fourth-order valence-corrected chi connectivity index (χ4v) is 11.7. The molecule has 0 spiro atoms. The molecule has 3 aliphatic rings. The maximum Gasteiger partial charge on any atom is 0.472 e. The Morgan fingerprint density at radius 2 is 1.59 bits per heavy atom. The van der Waals surface area contributed by atoms with E-state index in [0.29, 0.717) is 33.7 Å². The van der Waals surface area contributed by atoms with E-state index in [0.717, 1.165) is 37.9 Å². The van der Waals surface area contributed by atoms with Gasteiger partial charge in [0.15, 0.2) is 36.3 Å². The Morgan fingerprint density at radius 1 is 0.889 bits per heavy atom. The first-order valence-electron chi connectivity index (χ1n) is 20.6. The number of H-pyrrole nitrogens is 1. The van der Waals surface area contributed by atoms with E-state index >= 15 is 8.78 Å². The van der Waals surface area contributed by atoms with Gasteiger partial charge in [-0.3, -0.25) is 41.8 Å². The Bertz CT molecular complexity index is 2410. The van der Waals surface area contributed by atoms with Crippen LogP contribution in [0.2, 0.25) is 0 Å². The maximum absolute atomic E-state index is 16.4. The number of nitrogens with zero attached hydrogens (tertiary/aromatic N) is 5. The van der Waals surface area contributed by atoms with Gasteiger partial charge in [-0.2, -0.15) is 0 Å². The minimum Gasteiger partial charge on any atom is -0.427 e. The molecule has 25 heteroatoms. The highest BCUT2D eigenvalue weighted by atomic mass is 32.7. The molecule has 20 nitrogen and oxygen atoms in total.